The first-order chi connectivity index (χ1) is 31.5. The standard InChI is InChI=1S/C58H101NO5/c1-4-7-10-13-16-19-22-24-26-28-29-31-33-36-39-42-45-48-51-58(63)64-54(49-46-43-40-37-35-32-30-27-25-23-20-17-14-11-8-5-2)52-57(62)59-55(53-60)56(61)50-47-44-41-38-34-21-18-15-12-9-6-3/h17,20,22-32,35,54-56,60-61H,4-16,18-19,21,33-34,36-53H2,1-3H3,(H,59,62)/b20-17+,24-22+,25-23+,28-26+,30-27+,31-29+,35-32+. The van der Waals surface area contributed by atoms with E-state index in [4.69, 9.17) is 4.74 Å². The third-order valence-corrected chi connectivity index (χ3v) is 11.9. The molecule has 1 amide bonds. The number of nitrogens with one attached hydrogen (secondary N) is 1. The predicted octanol–water partition coefficient (Wildman–Crippen LogP) is 16.3. The molecular formula is C58H101NO5. The zero-order valence-corrected chi connectivity index (χ0v) is 41.9. The number of allylic oxidation sites excluding steroid dienone is 14. The Morgan fingerprint density at radius 2 is 0.797 bits per heavy atom. The lowest BCUT2D eigenvalue weighted by atomic mass is 10.0. The maximum absolute atomic E-state index is 13.2. The summed E-state index contributed by atoms with van der Waals surface area (Å²) in [5, 5.41) is 23.7. The number of hydrogen-bond donors (Lipinski definition) is 3. The van der Waals surface area contributed by atoms with Gasteiger partial charge in [-0.25, -0.2) is 0 Å². The van der Waals surface area contributed by atoms with Crippen LogP contribution < -0.4 is 5.32 Å². The van der Waals surface area contributed by atoms with Crippen molar-refractivity contribution >= 4 is 11.9 Å². The minimum absolute atomic E-state index is 0.0394. The van der Waals surface area contributed by atoms with Gasteiger partial charge < -0.3 is 20.3 Å². The monoisotopic (exact) mass is 892 g/mol. The van der Waals surface area contributed by atoms with E-state index in [-0.39, 0.29) is 24.9 Å². The molecule has 0 bridgehead atoms. The molecule has 0 saturated heterocycles. The molecule has 3 atom stereocenters. The van der Waals surface area contributed by atoms with Crippen molar-refractivity contribution in [1.29, 1.82) is 0 Å². The second-order valence-corrected chi connectivity index (χ2v) is 18.1. The summed E-state index contributed by atoms with van der Waals surface area (Å²) in [4.78, 5) is 26.2. The van der Waals surface area contributed by atoms with Gasteiger partial charge in [0.05, 0.1) is 25.2 Å². The van der Waals surface area contributed by atoms with E-state index in [0.29, 0.717) is 19.3 Å². The molecule has 64 heavy (non-hydrogen) atoms. The second-order valence-electron chi connectivity index (χ2n) is 18.1. The number of carbonyl (C=O) groups excluding carboxylic acids is 2. The highest BCUT2D eigenvalue weighted by atomic mass is 16.5. The molecule has 0 aromatic heterocycles. The molecule has 0 spiro atoms. The van der Waals surface area contributed by atoms with Gasteiger partial charge in [0, 0.05) is 6.42 Å². The van der Waals surface area contributed by atoms with Crippen LogP contribution in [0.1, 0.15) is 245 Å². The highest BCUT2D eigenvalue weighted by molar-refractivity contribution is 5.77. The van der Waals surface area contributed by atoms with E-state index in [1.165, 1.54) is 103 Å². The third kappa shape index (κ3) is 45.6. The number of carbonyl (C=O) groups is 2. The van der Waals surface area contributed by atoms with Gasteiger partial charge in [-0.3, -0.25) is 9.59 Å². The Kier molecular flexibility index (Phi) is 48.7. The Balaban J connectivity index is 4.72. The number of aliphatic hydroxyl groups excluding tert-OH is 2. The number of aliphatic hydroxyl groups is 2. The lowest BCUT2D eigenvalue weighted by Crippen LogP contribution is -2.46. The molecule has 368 valence electrons. The first-order valence-electron chi connectivity index (χ1n) is 26.9. The predicted molar refractivity (Wildman–Crippen MR) is 278 cm³/mol. The highest BCUT2D eigenvalue weighted by Crippen LogP contribution is 2.17. The van der Waals surface area contributed by atoms with Crippen LogP contribution in [0.25, 0.3) is 0 Å². The number of esters is 1. The zero-order valence-electron chi connectivity index (χ0n) is 41.9. The number of amides is 1. The number of rotatable bonds is 47. The Bertz CT molecular complexity index is 1230. The van der Waals surface area contributed by atoms with Gasteiger partial charge in [0.15, 0.2) is 0 Å². The van der Waals surface area contributed by atoms with Gasteiger partial charge >= 0.3 is 5.97 Å². The average molecular weight is 892 g/mol. The molecule has 0 fully saturated rings. The molecule has 0 saturated carbocycles. The van der Waals surface area contributed by atoms with Gasteiger partial charge in [0.1, 0.15) is 6.10 Å². The molecule has 0 heterocycles. The van der Waals surface area contributed by atoms with E-state index in [9.17, 15) is 19.8 Å². The topological polar surface area (TPSA) is 95.9 Å². The maximum Gasteiger partial charge on any atom is 0.306 e. The highest BCUT2D eigenvalue weighted by Gasteiger charge is 2.24. The molecule has 3 unspecified atom stereocenters. The van der Waals surface area contributed by atoms with E-state index < -0.39 is 18.2 Å². The second kappa shape index (κ2) is 51.0. The van der Waals surface area contributed by atoms with E-state index in [1.807, 2.05) is 6.08 Å². The summed E-state index contributed by atoms with van der Waals surface area (Å²) in [5.74, 6) is -0.538. The Labute approximate surface area is 395 Å². The van der Waals surface area contributed by atoms with Crippen molar-refractivity contribution in [2.45, 2.75) is 264 Å². The first-order valence-corrected chi connectivity index (χ1v) is 26.9. The molecular weight excluding hydrogens is 791 g/mol. The minimum atomic E-state index is -0.806. The van der Waals surface area contributed by atoms with E-state index in [0.717, 1.165) is 96.3 Å². The SMILES string of the molecule is CCCCC/C=C/C=C/C=C/C=C/CCCCCC(CC(=O)NC(CO)C(O)CCCCCCCCCCCCC)OC(=O)CCCCCCC/C=C/C=C/C=C/CCCCCCC. The van der Waals surface area contributed by atoms with Crippen molar-refractivity contribution in [1.82, 2.24) is 5.32 Å². The van der Waals surface area contributed by atoms with E-state index in [1.54, 1.807) is 0 Å². The summed E-state index contributed by atoms with van der Waals surface area (Å²) in [6.45, 7) is 6.41. The van der Waals surface area contributed by atoms with Crippen molar-refractivity contribution in [3.63, 3.8) is 0 Å². The molecule has 0 aliphatic carbocycles. The van der Waals surface area contributed by atoms with Crippen LogP contribution >= 0.6 is 0 Å². The van der Waals surface area contributed by atoms with Crippen molar-refractivity contribution in [2.24, 2.45) is 0 Å². The molecule has 6 heteroatoms. The molecule has 0 aliphatic heterocycles. The molecule has 3 N–H and O–H groups in total. The van der Waals surface area contributed by atoms with Gasteiger partial charge in [0.2, 0.25) is 5.91 Å². The Morgan fingerprint density at radius 3 is 1.25 bits per heavy atom. The summed E-state index contributed by atoms with van der Waals surface area (Å²) in [6.07, 6.45) is 66.3. The molecule has 0 aromatic rings. The van der Waals surface area contributed by atoms with Crippen molar-refractivity contribution in [2.75, 3.05) is 6.61 Å². The van der Waals surface area contributed by atoms with Crippen LogP contribution in [0.2, 0.25) is 0 Å². The molecule has 0 aromatic carbocycles. The van der Waals surface area contributed by atoms with Gasteiger partial charge in [0.25, 0.3) is 0 Å². The summed E-state index contributed by atoms with van der Waals surface area (Å²) < 4.78 is 5.92. The quantitative estimate of drug-likeness (QED) is 0.0321. The summed E-state index contributed by atoms with van der Waals surface area (Å²) >= 11 is 0. The first kappa shape index (κ1) is 61.0. The largest absolute Gasteiger partial charge is 0.462 e. The molecule has 0 radical (unpaired) electrons. The van der Waals surface area contributed by atoms with Crippen molar-refractivity contribution in [3.8, 4) is 0 Å². The number of unbranched alkanes of at least 4 members (excludes halogenated alkanes) is 26. The van der Waals surface area contributed by atoms with Crippen LogP contribution in [0.4, 0.5) is 0 Å². The van der Waals surface area contributed by atoms with Crippen LogP contribution in [-0.4, -0.2) is 46.9 Å². The van der Waals surface area contributed by atoms with Gasteiger partial charge in [-0.2, -0.15) is 0 Å². The Morgan fingerprint density at radius 1 is 0.453 bits per heavy atom. The summed E-state index contributed by atoms with van der Waals surface area (Å²) in [6, 6.07) is -0.723. The fourth-order valence-electron chi connectivity index (χ4n) is 7.74. The van der Waals surface area contributed by atoms with Crippen molar-refractivity contribution < 1.29 is 24.5 Å². The fraction of sp³-hybridized carbons (Fsp3) is 0.724. The molecule has 0 rings (SSSR count). The van der Waals surface area contributed by atoms with Crippen LogP contribution in [0.5, 0.6) is 0 Å². The van der Waals surface area contributed by atoms with E-state index in [2.05, 4.69) is 105 Å². The number of hydrogen-bond acceptors (Lipinski definition) is 5. The Hall–Kier alpha value is -2.96. The third-order valence-electron chi connectivity index (χ3n) is 11.9. The number of ether oxygens (including phenoxy) is 1. The van der Waals surface area contributed by atoms with Crippen LogP contribution in [-0.2, 0) is 14.3 Å². The van der Waals surface area contributed by atoms with Crippen molar-refractivity contribution in [3.05, 3.63) is 85.1 Å². The minimum Gasteiger partial charge on any atom is -0.462 e. The smallest absolute Gasteiger partial charge is 0.306 e. The lowest BCUT2D eigenvalue weighted by molar-refractivity contribution is -0.151. The lowest BCUT2D eigenvalue weighted by Gasteiger charge is -2.24. The maximum atomic E-state index is 13.2. The van der Waals surface area contributed by atoms with Crippen LogP contribution in [0.3, 0.4) is 0 Å². The average Bonchev–Trinajstić information content (AvgIpc) is 3.29. The van der Waals surface area contributed by atoms with Gasteiger partial charge in [-0.1, -0.05) is 241 Å². The summed E-state index contributed by atoms with van der Waals surface area (Å²) in [5.41, 5.74) is 0. The van der Waals surface area contributed by atoms with Gasteiger partial charge in [-0.05, 0) is 77.0 Å². The normalized spacial score (nSPS) is 13.9. The summed E-state index contributed by atoms with van der Waals surface area (Å²) in [7, 11) is 0. The molecule has 6 nitrogen and oxygen atoms in total. The zero-order chi connectivity index (χ0) is 46.7. The van der Waals surface area contributed by atoms with Gasteiger partial charge in [-0.15, -0.1) is 0 Å². The van der Waals surface area contributed by atoms with E-state index >= 15 is 0 Å². The molecule has 0 aliphatic rings. The van der Waals surface area contributed by atoms with Crippen LogP contribution in [0, 0.1) is 0 Å². The van der Waals surface area contributed by atoms with Crippen LogP contribution in [0.15, 0.2) is 85.1 Å². The fourth-order valence-corrected chi connectivity index (χ4v) is 7.74.